The van der Waals surface area contributed by atoms with Gasteiger partial charge in [-0.2, -0.15) is 0 Å². The van der Waals surface area contributed by atoms with Gasteiger partial charge in [0.25, 0.3) is 0 Å². The zero-order valence-electron chi connectivity index (χ0n) is 16.0. The van der Waals surface area contributed by atoms with Crippen molar-refractivity contribution in [3.63, 3.8) is 0 Å². The SMILES string of the molecule is [CH2-]C(P(c1ccccc1)c1ccccc1)P(c1ccccc1)c1ccccc1.[Ni]. The van der Waals surface area contributed by atoms with E-state index in [1.165, 1.54) is 21.2 Å². The number of hydrogen-bond acceptors (Lipinski definition) is 0. The molecule has 0 amide bonds. The van der Waals surface area contributed by atoms with Gasteiger partial charge in [0.05, 0.1) is 0 Å². The Hall–Kier alpha value is -1.77. The second-order valence-corrected chi connectivity index (χ2v) is 11.8. The minimum atomic E-state index is -0.581. The molecule has 0 N–H and O–H groups in total. The number of rotatable bonds is 6. The van der Waals surface area contributed by atoms with Crippen LogP contribution in [-0.4, -0.2) is 5.40 Å². The Labute approximate surface area is 186 Å². The van der Waals surface area contributed by atoms with E-state index in [4.69, 9.17) is 6.92 Å². The van der Waals surface area contributed by atoms with Crippen molar-refractivity contribution in [1.29, 1.82) is 0 Å². The summed E-state index contributed by atoms with van der Waals surface area (Å²) in [6, 6.07) is 43.7. The molecule has 0 atom stereocenters. The predicted molar refractivity (Wildman–Crippen MR) is 127 cm³/mol. The smallest absolute Gasteiger partial charge is 0 e. The summed E-state index contributed by atoms with van der Waals surface area (Å²) in [5.74, 6) is 0. The van der Waals surface area contributed by atoms with Crippen molar-refractivity contribution in [1.82, 2.24) is 0 Å². The molecule has 4 rings (SSSR count). The van der Waals surface area contributed by atoms with Gasteiger partial charge >= 0.3 is 0 Å². The van der Waals surface area contributed by atoms with Crippen LogP contribution in [0.4, 0.5) is 0 Å². The van der Waals surface area contributed by atoms with Gasteiger partial charge in [0.15, 0.2) is 0 Å². The topological polar surface area (TPSA) is 0 Å². The summed E-state index contributed by atoms with van der Waals surface area (Å²) in [5, 5.41) is 5.84. The van der Waals surface area contributed by atoms with Crippen LogP contribution in [0, 0.1) is 6.92 Å². The maximum absolute atomic E-state index is 4.80. The molecule has 0 aliphatic heterocycles. The maximum atomic E-state index is 4.80. The maximum Gasteiger partial charge on any atom is 0 e. The molecule has 0 unspecified atom stereocenters. The second-order valence-electron chi connectivity index (χ2n) is 6.56. The van der Waals surface area contributed by atoms with Crippen molar-refractivity contribution >= 4 is 37.1 Å². The summed E-state index contributed by atoms with van der Waals surface area (Å²) in [6.45, 7) is 4.80. The van der Waals surface area contributed by atoms with Gasteiger partial charge in [0.2, 0.25) is 0 Å². The Morgan fingerprint density at radius 2 is 0.621 bits per heavy atom. The van der Waals surface area contributed by atoms with E-state index in [1.807, 2.05) is 0 Å². The molecule has 148 valence electrons. The van der Waals surface area contributed by atoms with Gasteiger partial charge in [-0.05, 0) is 21.2 Å². The van der Waals surface area contributed by atoms with E-state index in [-0.39, 0.29) is 21.9 Å². The Balaban J connectivity index is 0.00000240. The standard InChI is InChI=1S/C26H23P2.Ni/c1-22(27(23-14-6-2-7-15-23)24-16-8-3-9-17-24)28(25-18-10-4-11-19-25)26-20-12-5-13-21-26;/h2-22H,1H2;/q-1;. The summed E-state index contributed by atoms with van der Waals surface area (Å²) >= 11 is 0. The Kier molecular flexibility index (Phi) is 8.21. The van der Waals surface area contributed by atoms with Crippen LogP contribution in [0.25, 0.3) is 0 Å². The molecule has 0 saturated heterocycles. The summed E-state index contributed by atoms with van der Waals surface area (Å²) < 4.78 is 0. The van der Waals surface area contributed by atoms with Gasteiger partial charge in [-0.25, -0.2) is 0 Å². The van der Waals surface area contributed by atoms with Gasteiger partial charge in [-0.15, -0.1) is 5.40 Å². The van der Waals surface area contributed by atoms with E-state index < -0.39 is 15.8 Å². The van der Waals surface area contributed by atoms with E-state index in [2.05, 4.69) is 121 Å². The number of hydrogen-bond donors (Lipinski definition) is 0. The van der Waals surface area contributed by atoms with E-state index in [0.717, 1.165) is 0 Å². The molecule has 0 fully saturated rings. The molecule has 0 nitrogen and oxygen atoms in total. The first-order valence-electron chi connectivity index (χ1n) is 9.46. The Morgan fingerprint density at radius 1 is 0.414 bits per heavy atom. The van der Waals surface area contributed by atoms with Crippen molar-refractivity contribution < 1.29 is 16.5 Å². The van der Waals surface area contributed by atoms with Crippen molar-refractivity contribution in [2.24, 2.45) is 0 Å². The van der Waals surface area contributed by atoms with E-state index in [0.29, 0.717) is 0 Å². The van der Waals surface area contributed by atoms with E-state index in [1.54, 1.807) is 0 Å². The number of benzene rings is 4. The van der Waals surface area contributed by atoms with Crippen LogP contribution in [0.15, 0.2) is 121 Å². The fraction of sp³-hybridized carbons (Fsp3) is 0.0385. The third kappa shape index (κ3) is 5.24. The molecule has 0 aromatic heterocycles. The minimum Gasteiger partial charge on any atom is -0.331 e. The molecule has 0 saturated carbocycles. The molecule has 0 radical (unpaired) electrons. The van der Waals surface area contributed by atoms with Crippen molar-refractivity contribution in [2.75, 3.05) is 0 Å². The summed E-state index contributed by atoms with van der Waals surface area (Å²) in [4.78, 5) is 0. The van der Waals surface area contributed by atoms with Crippen molar-refractivity contribution in [2.45, 2.75) is 5.40 Å². The Morgan fingerprint density at radius 3 is 0.828 bits per heavy atom. The van der Waals surface area contributed by atoms with Gasteiger partial charge in [-0.3, -0.25) is 0 Å². The summed E-state index contributed by atoms with van der Waals surface area (Å²) in [6.07, 6.45) is 0. The fourth-order valence-corrected chi connectivity index (χ4v) is 9.93. The molecular formula is C26H23NiP2-. The molecule has 0 aliphatic carbocycles. The van der Waals surface area contributed by atoms with Crippen LogP contribution in [0.3, 0.4) is 0 Å². The monoisotopic (exact) mass is 455 g/mol. The van der Waals surface area contributed by atoms with Crippen LogP contribution in [-0.2, 0) is 16.5 Å². The fourth-order valence-electron chi connectivity index (χ4n) is 3.46. The molecule has 0 bridgehead atoms. The molecular weight excluding hydrogens is 433 g/mol. The van der Waals surface area contributed by atoms with E-state index >= 15 is 0 Å². The van der Waals surface area contributed by atoms with Crippen LogP contribution < -0.4 is 21.2 Å². The largest absolute Gasteiger partial charge is 0.331 e. The normalized spacial score (nSPS) is 10.9. The first-order valence-corrected chi connectivity index (χ1v) is 12.3. The van der Waals surface area contributed by atoms with Gasteiger partial charge in [0.1, 0.15) is 0 Å². The molecule has 29 heavy (non-hydrogen) atoms. The molecule has 0 heterocycles. The van der Waals surface area contributed by atoms with Crippen LogP contribution in [0.5, 0.6) is 0 Å². The van der Waals surface area contributed by atoms with Gasteiger partial charge in [-0.1, -0.05) is 137 Å². The first kappa shape index (κ1) is 21.9. The zero-order chi connectivity index (χ0) is 19.2. The van der Waals surface area contributed by atoms with E-state index in [9.17, 15) is 0 Å². The third-order valence-electron chi connectivity index (χ3n) is 4.73. The molecule has 4 aromatic rings. The summed E-state index contributed by atoms with van der Waals surface area (Å²) in [7, 11) is -1.16. The first-order chi connectivity index (χ1) is 13.8. The molecule has 0 aliphatic rings. The van der Waals surface area contributed by atoms with Gasteiger partial charge in [0, 0.05) is 16.5 Å². The molecule has 0 spiro atoms. The minimum absolute atomic E-state index is 0. The predicted octanol–water partition coefficient (Wildman–Crippen LogP) is 5.41. The van der Waals surface area contributed by atoms with Crippen molar-refractivity contribution in [3.05, 3.63) is 128 Å². The Bertz CT molecular complexity index is 814. The van der Waals surface area contributed by atoms with Crippen LogP contribution in [0.1, 0.15) is 0 Å². The quantitative estimate of drug-likeness (QED) is 0.207. The van der Waals surface area contributed by atoms with Gasteiger partial charge < -0.3 is 6.92 Å². The van der Waals surface area contributed by atoms with Crippen LogP contribution >= 0.6 is 15.8 Å². The average molecular weight is 456 g/mol. The third-order valence-corrected chi connectivity index (χ3v) is 10.7. The van der Waals surface area contributed by atoms with Crippen molar-refractivity contribution in [3.8, 4) is 0 Å². The zero-order valence-corrected chi connectivity index (χ0v) is 18.8. The average Bonchev–Trinajstić information content (AvgIpc) is 2.77. The van der Waals surface area contributed by atoms with Crippen LogP contribution in [0.2, 0.25) is 0 Å². The summed E-state index contributed by atoms with van der Waals surface area (Å²) in [5.41, 5.74) is 0. The molecule has 4 aromatic carbocycles. The molecule has 3 heteroatoms. The second kappa shape index (κ2) is 10.9.